The Morgan fingerprint density at radius 3 is 2.46 bits per heavy atom. The maximum Gasteiger partial charge on any atom is 0.185 e. The first-order valence-electron chi connectivity index (χ1n) is 8.07. The number of carbonyl (C=O) groups is 2. The number of allylic oxidation sites excluding steroid dienone is 1. The first kappa shape index (κ1) is 17.7. The lowest BCUT2D eigenvalue weighted by molar-refractivity contribution is 0.104. The highest BCUT2D eigenvalue weighted by Crippen LogP contribution is 2.32. The highest BCUT2D eigenvalue weighted by molar-refractivity contribution is 6.06. The minimum Gasteiger partial charge on any atom is -0.507 e. The van der Waals surface area contributed by atoms with Crippen molar-refractivity contribution in [2.75, 3.05) is 0 Å². The van der Waals surface area contributed by atoms with E-state index in [1.54, 1.807) is 24.3 Å². The molecule has 0 amide bonds. The zero-order valence-electron chi connectivity index (χ0n) is 14.2. The lowest BCUT2D eigenvalue weighted by Gasteiger charge is -2.13. The van der Waals surface area contributed by atoms with Crippen LogP contribution in [0.4, 0.5) is 0 Å². The van der Waals surface area contributed by atoms with Crippen molar-refractivity contribution in [1.29, 1.82) is 0 Å². The molecule has 2 aromatic rings. The van der Waals surface area contributed by atoms with Crippen molar-refractivity contribution in [1.82, 2.24) is 0 Å². The summed E-state index contributed by atoms with van der Waals surface area (Å²) < 4.78 is 0. The normalized spacial score (nSPS) is 12.3. The second-order valence-electron chi connectivity index (χ2n) is 6.04. The molecule has 0 aromatic heterocycles. The van der Waals surface area contributed by atoms with Gasteiger partial charge in [0, 0.05) is 5.56 Å². The highest BCUT2D eigenvalue weighted by atomic mass is 16.3. The molecule has 0 bridgehead atoms. The Hall–Kier alpha value is -2.68. The molecule has 0 saturated heterocycles. The number of ketones is 1. The smallest absolute Gasteiger partial charge is 0.185 e. The molecular formula is C21H22O3. The summed E-state index contributed by atoms with van der Waals surface area (Å²) in [4.78, 5) is 23.4. The molecule has 2 aromatic carbocycles. The molecule has 1 unspecified atom stereocenters. The quantitative estimate of drug-likeness (QED) is 0.466. The second kappa shape index (κ2) is 7.73. The number of aryl methyl sites for hydroxylation is 1. The number of aromatic hydroxyl groups is 1. The average Bonchev–Trinajstić information content (AvgIpc) is 2.60. The zero-order chi connectivity index (χ0) is 17.7. The van der Waals surface area contributed by atoms with E-state index in [0.29, 0.717) is 11.8 Å². The molecule has 0 aliphatic heterocycles. The van der Waals surface area contributed by atoms with E-state index < -0.39 is 0 Å². The number of rotatable bonds is 6. The molecule has 0 saturated carbocycles. The van der Waals surface area contributed by atoms with Crippen molar-refractivity contribution in [2.24, 2.45) is 0 Å². The summed E-state index contributed by atoms with van der Waals surface area (Å²) in [5, 5.41) is 10.2. The van der Waals surface area contributed by atoms with E-state index >= 15 is 0 Å². The van der Waals surface area contributed by atoms with Crippen LogP contribution in [0.2, 0.25) is 0 Å². The van der Waals surface area contributed by atoms with E-state index in [-0.39, 0.29) is 23.0 Å². The summed E-state index contributed by atoms with van der Waals surface area (Å²) in [7, 11) is 0. The maximum absolute atomic E-state index is 12.2. The first-order chi connectivity index (χ1) is 11.5. The number of aldehydes is 1. The van der Waals surface area contributed by atoms with E-state index in [1.807, 2.05) is 39.0 Å². The van der Waals surface area contributed by atoms with Crippen LogP contribution in [0.15, 0.2) is 42.5 Å². The molecule has 0 fully saturated rings. The molecule has 1 N–H and O–H groups in total. The van der Waals surface area contributed by atoms with Gasteiger partial charge in [-0.2, -0.15) is 0 Å². The summed E-state index contributed by atoms with van der Waals surface area (Å²) in [6.07, 6.45) is 4.66. The van der Waals surface area contributed by atoms with Gasteiger partial charge in [0.2, 0.25) is 0 Å². The van der Waals surface area contributed by atoms with Crippen LogP contribution in [0.1, 0.15) is 63.6 Å². The van der Waals surface area contributed by atoms with Crippen LogP contribution in [0.5, 0.6) is 5.75 Å². The standard InChI is InChI=1S/C21H22O3/c1-4-15(3)19-12-16(11-18(13-22)21(19)24)7-10-20(23)17-8-5-14(2)6-9-17/h5-13,15,24H,4H2,1-3H3. The van der Waals surface area contributed by atoms with Crippen LogP contribution < -0.4 is 0 Å². The van der Waals surface area contributed by atoms with Gasteiger partial charge in [-0.3, -0.25) is 9.59 Å². The zero-order valence-corrected chi connectivity index (χ0v) is 14.2. The van der Waals surface area contributed by atoms with Crippen LogP contribution in [0.25, 0.3) is 6.08 Å². The van der Waals surface area contributed by atoms with Gasteiger partial charge in [-0.15, -0.1) is 0 Å². The SMILES string of the molecule is CCC(C)c1cc(C=CC(=O)c2ccc(C)cc2)cc(C=O)c1O. The van der Waals surface area contributed by atoms with E-state index in [2.05, 4.69) is 0 Å². The Labute approximate surface area is 142 Å². The molecule has 3 nitrogen and oxygen atoms in total. The number of carbonyl (C=O) groups excluding carboxylic acids is 2. The molecule has 24 heavy (non-hydrogen) atoms. The number of phenolic OH excluding ortho intramolecular Hbond substituents is 1. The van der Waals surface area contributed by atoms with E-state index in [4.69, 9.17) is 0 Å². The molecule has 2 rings (SSSR count). The van der Waals surface area contributed by atoms with Gasteiger partial charge in [-0.05, 0) is 48.6 Å². The molecule has 0 heterocycles. The Morgan fingerprint density at radius 2 is 1.88 bits per heavy atom. The van der Waals surface area contributed by atoms with Gasteiger partial charge in [0.05, 0.1) is 5.56 Å². The van der Waals surface area contributed by atoms with Crippen molar-refractivity contribution < 1.29 is 14.7 Å². The van der Waals surface area contributed by atoms with Crippen LogP contribution >= 0.6 is 0 Å². The first-order valence-corrected chi connectivity index (χ1v) is 8.07. The Kier molecular flexibility index (Phi) is 5.69. The van der Waals surface area contributed by atoms with Gasteiger partial charge in [-0.25, -0.2) is 0 Å². The summed E-state index contributed by atoms with van der Waals surface area (Å²) in [6.45, 7) is 5.99. The minimum absolute atomic E-state index is 0.0290. The van der Waals surface area contributed by atoms with Crippen LogP contribution in [0, 0.1) is 6.92 Å². The number of benzene rings is 2. The topological polar surface area (TPSA) is 54.4 Å². The molecule has 0 spiro atoms. The molecule has 124 valence electrons. The van der Waals surface area contributed by atoms with E-state index in [0.717, 1.165) is 23.1 Å². The number of hydrogen-bond donors (Lipinski definition) is 1. The van der Waals surface area contributed by atoms with Crippen molar-refractivity contribution >= 4 is 18.1 Å². The van der Waals surface area contributed by atoms with Gasteiger partial charge in [0.25, 0.3) is 0 Å². The third kappa shape index (κ3) is 3.99. The molecule has 0 aliphatic carbocycles. The third-order valence-electron chi connectivity index (χ3n) is 4.22. The Balaban J connectivity index is 2.33. The van der Waals surface area contributed by atoms with Crippen LogP contribution in [-0.2, 0) is 0 Å². The van der Waals surface area contributed by atoms with Gasteiger partial charge < -0.3 is 5.11 Å². The minimum atomic E-state index is -0.0965. The van der Waals surface area contributed by atoms with Crippen molar-refractivity contribution in [2.45, 2.75) is 33.1 Å². The van der Waals surface area contributed by atoms with Crippen molar-refractivity contribution in [3.63, 3.8) is 0 Å². The molecule has 0 aliphatic rings. The highest BCUT2D eigenvalue weighted by Gasteiger charge is 2.13. The predicted molar refractivity (Wildman–Crippen MR) is 96.7 cm³/mol. The fourth-order valence-corrected chi connectivity index (χ4v) is 2.47. The lowest BCUT2D eigenvalue weighted by Crippen LogP contribution is -1.97. The van der Waals surface area contributed by atoms with E-state index in [9.17, 15) is 14.7 Å². The summed E-state index contributed by atoms with van der Waals surface area (Å²) in [6, 6.07) is 10.8. The van der Waals surface area contributed by atoms with Gasteiger partial charge >= 0.3 is 0 Å². The molecule has 0 radical (unpaired) electrons. The molecular weight excluding hydrogens is 300 g/mol. The Bertz CT molecular complexity index is 770. The third-order valence-corrected chi connectivity index (χ3v) is 4.22. The predicted octanol–water partition coefficient (Wildman–Crippen LogP) is 4.92. The summed E-state index contributed by atoms with van der Waals surface area (Å²) in [5.41, 5.74) is 3.42. The Morgan fingerprint density at radius 1 is 1.21 bits per heavy atom. The second-order valence-corrected chi connectivity index (χ2v) is 6.04. The molecule has 3 heteroatoms. The maximum atomic E-state index is 12.2. The number of hydrogen-bond acceptors (Lipinski definition) is 3. The van der Waals surface area contributed by atoms with Crippen LogP contribution in [0.3, 0.4) is 0 Å². The van der Waals surface area contributed by atoms with Gasteiger partial charge in [-0.1, -0.05) is 49.8 Å². The monoisotopic (exact) mass is 322 g/mol. The van der Waals surface area contributed by atoms with Crippen molar-refractivity contribution in [3.05, 3.63) is 70.3 Å². The van der Waals surface area contributed by atoms with Gasteiger partial charge in [0.1, 0.15) is 5.75 Å². The van der Waals surface area contributed by atoms with Crippen LogP contribution in [-0.4, -0.2) is 17.2 Å². The summed E-state index contributed by atoms with van der Waals surface area (Å²) in [5.74, 6) is 0.0621. The molecule has 1 atom stereocenters. The fourth-order valence-electron chi connectivity index (χ4n) is 2.47. The number of phenols is 1. The fraction of sp³-hybridized carbons (Fsp3) is 0.238. The largest absolute Gasteiger partial charge is 0.507 e. The van der Waals surface area contributed by atoms with Crippen molar-refractivity contribution in [3.8, 4) is 5.75 Å². The lowest BCUT2D eigenvalue weighted by atomic mass is 9.93. The average molecular weight is 322 g/mol. The van der Waals surface area contributed by atoms with E-state index in [1.165, 1.54) is 6.08 Å². The van der Waals surface area contributed by atoms with Gasteiger partial charge in [0.15, 0.2) is 12.1 Å². The summed E-state index contributed by atoms with van der Waals surface area (Å²) >= 11 is 0.